The lowest BCUT2D eigenvalue weighted by Crippen LogP contribution is -2.15. The molecule has 0 saturated carbocycles. The van der Waals surface area contributed by atoms with E-state index in [2.05, 4.69) is 22.9 Å². The second-order valence-corrected chi connectivity index (χ2v) is 6.91. The van der Waals surface area contributed by atoms with Gasteiger partial charge in [0.05, 0.1) is 11.0 Å². The Labute approximate surface area is 154 Å². The first-order valence-electron chi connectivity index (χ1n) is 9.56. The number of carbonyl (C=O) groups is 1. The largest absolute Gasteiger partial charge is 0.324 e. The molecule has 2 aromatic rings. The Hall–Kier alpha value is -2.18. The van der Waals surface area contributed by atoms with E-state index < -0.39 is 5.91 Å². The predicted octanol–water partition coefficient (Wildman–Crippen LogP) is 3.21. The van der Waals surface area contributed by atoms with Crippen LogP contribution in [0.15, 0.2) is 24.3 Å². The topological polar surface area (TPSA) is 79.2 Å². The van der Waals surface area contributed by atoms with Crippen LogP contribution < -0.4 is 10.8 Å². The minimum absolute atomic E-state index is 0.461. The number of amides is 1. The zero-order valence-electron chi connectivity index (χ0n) is 15.4. The SMILES string of the molecule is CCCCCCc1nc2cc(C=CC(=O)NO)ccc2n1C1CCNC1. The van der Waals surface area contributed by atoms with Crippen molar-refractivity contribution in [2.45, 2.75) is 51.5 Å². The summed E-state index contributed by atoms with van der Waals surface area (Å²) < 4.78 is 2.41. The summed E-state index contributed by atoms with van der Waals surface area (Å²) in [6.07, 6.45) is 10.0. The van der Waals surface area contributed by atoms with Gasteiger partial charge in [-0.05, 0) is 43.2 Å². The molecule has 0 aliphatic carbocycles. The fourth-order valence-corrected chi connectivity index (χ4v) is 3.63. The highest BCUT2D eigenvalue weighted by atomic mass is 16.5. The van der Waals surface area contributed by atoms with Crippen LogP contribution in [-0.4, -0.2) is 33.8 Å². The van der Waals surface area contributed by atoms with E-state index in [0.29, 0.717) is 6.04 Å². The first-order valence-corrected chi connectivity index (χ1v) is 9.56. The van der Waals surface area contributed by atoms with Gasteiger partial charge in [-0.15, -0.1) is 0 Å². The number of unbranched alkanes of at least 4 members (excludes halogenated alkanes) is 3. The number of rotatable bonds is 8. The molecule has 2 heterocycles. The van der Waals surface area contributed by atoms with Crippen LogP contribution in [0.5, 0.6) is 0 Å². The van der Waals surface area contributed by atoms with Gasteiger partial charge in [0, 0.05) is 25.1 Å². The average molecular weight is 356 g/mol. The van der Waals surface area contributed by atoms with E-state index in [1.807, 2.05) is 12.1 Å². The molecular formula is C20H28N4O2. The van der Waals surface area contributed by atoms with Crippen LogP contribution >= 0.6 is 0 Å². The van der Waals surface area contributed by atoms with Gasteiger partial charge in [0.2, 0.25) is 0 Å². The lowest BCUT2D eigenvalue weighted by atomic mass is 10.1. The van der Waals surface area contributed by atoms with E-state index in [4.69, 9.17) is 10.2 Å². The zero-order chi connectivity index (χ0) is 18.4. The van der Waals surface area contributed by atoms with E-state index in [-0.39, 0.29) is 0 Å². The molecule has 1 aliphatic heterocycles. The fourth-order valence-electron chi connectivity index (χ4n) is 3.63. The normalized spacial score (nSPS) is 17.4. The molecule has 6 nitrogen and oxygen atoms in total. The number of aromatic nitrogens is 2. The molecule has 140 valence electrons. The Morgan fingerprint density at radius 2 is 2.31 bits per heavy atom. The third-order valence-electron chi connectivity index (χ3n) is 4.98. The van der Waals surface area contributed by atoms with Gasteiger partial charge in [-0.1, -0.05) is 32.3 Å². The molecule has 6 heteroatoms. The number of benzene rings is 1. The van der Waals surface area contributed by atoms with Gasteiger partial charge < -0.3 is 9.88 Å². The van der Waals surface area contributed by atoms with Gasteiger partial charge in [-0.2, -0.15) is 0 Å². The number of imidazole rings is 1. The molecule has 1 fully saturated rings. The molecular weight excluding hydrogens is 328 g/mol. The molecule has 1 unspecified atom stereocenters. The number of hydroxylamine groups is 1. The Bertz CT molecular complexity index is 775. The molecule has 1 aliphatic rings. The van der Waals surface area contributed by atoms with Gasteiger partial charge in [-0.3, -0.25) is 10.0 Å². The van der Waals surface area contributed by atoms with Crippen molar-refractivity contribution in [1.29, 1.82) is 0 Å². The van der Waals surface area contributed by atoms with E-state index in [1.165, 1.54) is 37.6 Å². The number of nitrogens with one attached hydrogen (secondary N) is 2. The van der Waals surface area contributed by atoms with Crippen molar-refractivity contribution in [3.8, 4) is 0 Å². The van der Waals surface area contributed by atoms with Crippen molar-refractivity contribution in [1.82, 2.24) is 20.3 Å². The summed E-state index contributed by atoms with van der Waals surface area (Å²) in [6, 6.07) is 6.55. The highest BCUT2D eigenvalue weighted by Crippen LogP contribution is 2.27. The number of nitrogens with zero attached hydrogens (tertiary/aromatic N) is 2. The quantitative estimate of drug-likeness (QED) is 0.294. The molecule has 3 N–H and O–H groups in total. The molecule has 1 atom stereocenters. The van der Waals surface area contributed by atoms with Crippen LogP contribution in [-0.2, 0) is 11.2 Å². The maximum Gasteiger partial charge on any atom is 0.267 e. The van der Waals surface area contributed by atoms with Gasteiger partial charge >= 0.3 is 0 Å². The Balaban J connectivity index is 1.89. The minimum atomic E-state index is -0.538. The molecule has 1 aromatic carbocycles. The van der Waals surface area contributed by atoms with Crippen molar-refractivity contribution in [2.24, 2.45) is 0 Å². The van der Waals surface area contributed by atoms with Crippen LogP contribution in [0.25, 0.3) is 17.1 Å². The summed E-state index contributed by atoms with van der Waals surface area (Å²) in [4.78, 5) is 16.1. The predicted molar refractivity (Wildman–Crippen MR) is 103 cm³/mol. The molecule has 1 saturated heterocycles. The second kappa shape index (κ2) is 8.96. The lowest BCUT2D eigenvalue weighted by Gasteiger charge is -2.16. The molecule has 1 aromatic heterocycles. The molecule has 0 radical (unpaired) electrons. The highest BCUT2D eigenvalue weighted by Gasteiger charge is 2.22. The van der Waals surface area contributed by atoms with Crippen LogP contribution in [0.3, 0.4) is 0 Å². The van der Waals surface area contributed by atoms with Crippen molar-refractivity contribution in [3.05, 3.63) is 35.7 Å². The molecule has 0 bridgehead atoms. The first kappa shape index (κ1) is 18.6. The zero-order valence-corrected chi connectivity index (χ0v) is 15.4. The van der Waals surface area contributed by atoms with Crippen molar-refractivity contribution >= 4 is 23.0 Å². The maximum atomic E-state index is 11.2. The van der Waals surface area contributed by atoms with E-state index in [1.54, 1.807) is 11.6 Å². The number of hydrogen-bond donors (Lipinski definition) is 3. The van der Waals surface area contributed by atoms with Gasteiger partial charge in [-0.25, -0.2) is 10.5 Å². The van der Waals surface area contributed by atoms with E-state index in [0.717, 1.165) is 42.5 Å². The highest BCUT2D eigenvalue weighted by molar-refractivity contribution is 5.91. The number of fused-ring (bicyclic) bond motifs is 1. The maximum absolute atomic E-state index is 11.2. The Morgan fingerprint density at radius 1 is 1.42 bits per heavy atom. The van der Waals surface area contributed by atoms with E-state index >= 15 is 0 Å². The monoisotopic (exact) mass is 356 g/mol. The van der Waals surface area contributed by atoms with Gasteiger partial charge in [0.15, 0.2) is 0 Å². The summed E-state index contributed by atoms with van der Waals surface area (Å²) in [5.41, 5.74) is 4.63. The fraction of sp³-hybridized carbons (Fsp3) is 0.500. The number of hydrogen-bond acceptors (Lipinski definition) is 4. The van der Waals surface area contributed by atoms with Gasteiger partial charge in [0.1, 0.15) is 5.82 Å². The smallest absolute Gasteiger partial charge is 0.267 e. The minimum Gasteiger partial charge on any atom is -0.324 e. The second-order valence-electron chi connectivity index (χ2n) is 6.91. The molecule has 1 amide bonds. The number of carbonyl (C=O) groups excluding carboxylic acids is 1. The summed E-state index contributed by atoms with van der Waals surface area (Å²) in [5.74, 6) is 0.628. The summed E-state index contributed by atoms with van der Waals surface area (Å²) in [6.45, 7) is 4.27. The third kappa shape index (κ3) is 4.31. The Kier molecular flexibility index (Phi) is 6.41. The molecule has 3 rings (SSSR count). The van der Waals surface area contributed by atoms with E-state index in [9.17, 15) is 4.79 Å². The number of aryl methyl sites for hydroxylation is 1. The van der Waals surface area contributed by atoms with Crippen LogP contribution in [0.1, 0.15) is 56.5 Å². The summed E-state index contributed by atoms with van der Waals surface area (Å²) in [7, 11) is 0. The third-order valence-corrected chi connectivity index (χ3v) is 4.98. The first-order chi connectivity index (χ1) is 12.7. The van der Waals surface area contributed by atoms with Crippen LogP contribution in [0.4, 0.5) is 0 Å². The molecule has 0 spiro atoms. The van der Waals surface area contributed by atoms with Crippen LogP contribution in [0, 0.1) is 0 Å². The van der Waals surface area contributed by atoms with Gasteiger partial charge in [0.25, 0.3) is 5.91 Å². The Morgan fingerprint density at radius 3 is 3.04 bits per heavy atom. The van der Waals surface area contributed by atoms with Crippen molar-refractivity contribution in [3.63, 3.8) is 0 Å². The molecule has 26 heavy (non-hydrogen) atoms. The van der Waals surface area contributed by atoms with Crippen LogP contribution in [0.2, 0.25) is 0 Å². The lowest BCUT2D eigenvalue weighted by molar-refractivity contribution is -0.124. The summed E-state index contributed by atoms with van der Waals surface area (Å²) in [5, 5.41) is 12.0. The summed E-state index contributed by atoms with van der Waals surface area (Å²) >= 11 is 0. The van der Waals surface area contributed by atoms with Crippen molar-refractivity contribution in [2.75, 3.05) is 13.1 Å². The standard InChI is InChI=1S/C20H28N4O2/c1-2-3-4-5-6-19-22-17-13-15(8-10-20(25)23-26)7-9-18(17)24(19)16-11-12-21-14-16/h7-10,13,16,21,26H,2-6,11-12,14H2,1H3,(H,23,25). The average Bonchev–Trinajstić information content (AvgIpc) is 3.29. The van der Waals surface area contributed by atoms with Crippen molar-refractivity contribution < 1.29 is 10.0 Å².